The summed E-state index contributed by atoms with van der Waals surface area (Å²) in [6.07, 6.45) is 1.62. The molecule has 1 aliphatic rings. The van der Waals surface area contributed by atoms with Gasteiger partial charge in [0.1, 0.15) is 11.5 Å². The lowest BCUT2D eigenvalue weighted by atomic mass is 10.2. The van der Waals surface area contributed by atoms with Crippen LogP contribution in [0.3, 0.4) is 0 Å². The Morgan fingerprint density at radius 3 is 2.64 bits per heavy atom. The molecule has 2 aromatic rings. The minimum atomic E-state index is -0.987. The predicted molar refractivity (Wildman–Crippen MR) is 83.2 cm³/mol. The molecule has 0 bridgehead atoms. The van der Waals surface area contributed by atoms with Crippen LogP contribution in [0.25, 0.3) is 6.08 Å². The second kappa shape index (κ2) is 5.81. The molecule has 1 N–H and O–H groups in total. The Balaban J connectivity index is 1.96. The Hall–Kier alpha value is -2.34. The number of carbonyl (C=O) groups excluding carboxylic acids is 1. The summed E-state index contributed by atoms with van der Waals surface area (Å²) >= 11 is 3.35. The van der Waals surface area contributed by atoms with Crippen molar-refractivity contribution in [1.29, 1.82) is 0 Å². The summed E-state index contributed by atoms with van der Waals surface area (Å²) in [5.41, 5.74) is 1.32. The van der Waals surface area contributed by atoms with Crippen molar-refractivity contribution in [3.8, 4) is 0 Å². The second-order valence-electron chi connectivity index (χ2n) is 4.63. The van der Waals surface area contributed by atoms with E-state index in [1.807, 2.05) is 24.3 Å². The average molecular weight is 363 g/mol. The van der Waals surface area contributed by atoms with E-state index in [9.17, 15) is 13.6 Å². The van der Waals surface area contributed by atoms with Gasteiger partial charge in [-0.1, -0.05) is 28.1 Å². The number of nitrogens with zero attached hydrogens (tertiary/aromatic N) is 1. The fourth-order valence-electron chi connectivity index (χ4n) is 2.00. The van der Waals surface area contributed by atoms with Crippen molar-refractivity contribution in [3.63, 3.8) is 0 Å². The first-order chi connectivity index (χ1) is 10.5. The van der Waals surface area contributed by atoms with Gasteiger partial charge in [0.15, 0.2) is 11.6 Å². The highest BCUT2D eigenvalue weighted by Crippen LogP contribution is 2.18. The number of hydrogen-bond acceptors (Lipinski definition) is 2. The molecule has 110 valence electrons. The minimum absolute atomic E-state index is 0.199. The molecule has 0 saturated carbocycles. The lowest BCUT2D eigenvalue weighted by molar-refractivity contribution is -0.115. The zero-order valence-corrected chi connectivity index (χ0v) is 12.7. The highest BCUT2D eigenvalue weighted by Gasteiger charge is 2.21. The number of amidine groups is 1. The molecular weight excluding hydrogens is 354 g/mol. The van der Waals surface area contributed by atoms with Crippen molar-refractivity contribution in [3.05, 3.63) is 75.4 Å². The first-order valence-electron chi connectivity index (χ1n) is 6.36. The van der Waals surface area contributed by atoms with E-state index in [4.69, 9.17) is 0 Å². The molecule has 0 fully saturated rings. The van der Waals surface area contributed by atoms with Gasteiger partial charge in [-0.2, -0.15) is 0 Å². The normalized spacial score (nSPS) is 15.9. The molecule has 3 nitrogen and oxygen atoms in total. The van der Waals surface area contributed by atoms with Crippen LogP contribution < -0.4 is 5.32 Å². The molecule has 3 rings (SSSR count). The summed E-state index contributed by atoms with van der Waals surface area (Å²) in [7, 11) is 0. The molecule has 0 atom stereocenters. The highest BCUT2D eigenvalue weighted by atomic mass is 79.9. The van der Waals surface area contributed by atoms with Gasteiger partial charge in [-0.25, -0.2) is 13.8 Å². The van der Waals surface area contributed by atoms with Crippen molar-refractivity contribution < 1.29 is 13.6 Å². The third kappa shape index (κ3) is 2.96. The summed E-state index contributed by atoms with van der Waals surface area (Å²) in [6, 6.07) is 10.7. The molecule has 0 radical (unpaired) electrons. The number of rotatable bonds is 2. The van der Waals surface area contributed by atoms with E-state index in [0.717, 1.165) is 22.2 Å². The molecule has 1 amide bonds. The maximum Gasteiger partial charge on any atom is 0.275 e. The van der Waals surface area contributed by atoms with Gasteiger partial charge in [-0.15, -0.1) is 0 Å². The zero-order valence-electron chi connectivity index (χ0n) is 11.1. The van der Waals surface area contributed by atoms with Gasteiger partial charge in [0.25, 0.3) is 5.91 Å². The summed E-state index contributed by atoms with van der Waals surface area (Å²) in [4.78, 5) is 16.1. The third-order valence-corrected chi connectivity index (χ3v) is 3.54. The fourth-order valence-corrected chi connectivity index (χ4v) is 2.42. The number of nitrogens with one attached hydrogen (secondary N) is 1. The second-order valence-corrected chi connectivity index (χ2v) is 5.54. The van der Waals surface area contributed by atoms with Crippen LogP contribution in [-0.4, -0.2) is 11.7 Å². The van der Waals surface area contributed by atoms with Crippen LogP contribution >= 0.6 is 15.9 Å². The molecule has 0 aromatic heterocycles. The maximum absolute atomic E-state index is 13.3. The number of amides is 1. The Morgan fingerprint density at radius 1 is 1.09 bits per heavy atom. The summed E-state index contributed by atoms with van der Waals surface area (Å²) < 4.78 is 27.1. The largest absolute Gasteiger partial charge is 0.305 e. The van der Waals surface area contributed by atoms with Crippen molar-refractivity contribution >= 4 is 33.7 Å². The standard InChI is InChI=1S/C16H9BrF2N2O/c17-11-3-1-2-9(6-11)7-14-16(22)21-15(20-14)10-4-5-12(18)13(19)8-10/h1-8H,(H,20,21,22)/b14-7+. The Kier molecular flexibility index (Phi) is 3.85. The SMILES string of the molecule is O=C1NC(c2ccc(F)c(F)c2)=N/C1=C/c1cccc(Br)c1. The van der Waals surface area contributed by atoms with E-state index in [1.54, 1.807) is 6.08 Å². The molecule has 22 heavy (non-hydrogen) atoms. The maximum atomic E-state index is 13.3. The van der Waals surface area contributed by atoms with Crippen LogP contribution in [0.4, 0.5) is 8.78 Å². The Bertz CT molecular complexity index is 831. The Morgan fingerprint density at radius 2 is 1.91 bits per heavy atom. The van der Waals surface area contributed by atoms with Crippen LogP contribution in [0.1, 0.15) is 11.1 Å². The Labute approximate surface area is 133 Å². The van der Waals surface area contributed by atoms with Gasteiger partial charge in [0.2, 0.25) is 0 Å². The number of benzene rings is 2. The van der Waals surface area contributed by atoms with Crippen LogP contribution in [0.5, 0.6) is 0 Å². The molecule has 1 aliphatic heterocycles. The monoisotopic (exact) mass is 362 g/mol. The molecule has 1 heterocycles. The fraction of sp³-hybridized carbons (Fsp3) is 0. The molecule has 0 aliphatic carbocycles. The number of hydrogen-bond donors (Lipinski definition) is 1. The van der Waals surface area contributed by atoms with Crippen molar-refractivity contribution in [1.82, 2.24) is 5.32 Å². The number of carbonyl (C=O) groups is 1. The predicted octanol–water partition coefficient (Wildman–Crippen LogP) is 3.64. The molecule has 2 aromatic carbocycles. The third-order valence-electron chi connectivity index (χ3n) is 3.04. The molecule has 0 saturated heterocycles. The van der Waals surface area contributed by atoms with Crippen molar-refractivity contribution in [2.24, 2.45) is 4.99 Å². The van der Waals surface area contributed by atoms with E-state index in [-0.39, 0.29) is 17.4 Å². The van der Waals surface area contributed by atoms with Crippen LogP contribution in [0.2, 0.25) is 0 Å². The smallest absolute Gasteiger partial charge is 0.275 e. The summed E-state index contributed by atoms with van der Waals surface area (Å²) in [5, 5.41) is 2.54. The van der Waals surface area contributed by atoms with E-state index < -0.39 is 11.6 Å². The van der Waals surface area contributed by atoms with Crippen molar-refractivity contribution in [2.45, 2.75) is 0 Å². The van der Waals surface area contributed by atoms with E-state index in [2.05, 4.69) is 26.2 Å². The summed E-state index contributed by atoms with van der Waals surface area (Å²) in [5.74, 6) is -2.12. The van der Waals surface area contributed by atoms with E-state index in [0.29, 0.717) is 5.56 Å². The van der Waals surface area contributed by atoms with Gasteiger partial charge >= 0.3 is 0 Å². The summed E-state index contributed by atoms with van der Waals surface area (Å²) in [6.45, 7) is 0. The van der Waals surface area contributed by atoms with Gasteiger partial charge in [-0.05, 0) is 42.0 Å². The number of halogens is 3. The average Bonchev–Trinajstić information content (AvgIpc) is 2.83. The highest BCUT2D eigenvalue weighted by molar-refractivity contribution is 9.10. The van der Waals surface area contributed by atoms with Crippen LogP contribution in [0.15, 0.2) is 57.6 Å². The lowest BCUT2D eigenvalue weighted by Gasteiger charge is -2.00. The number of aliphatic imine (C=N–C) groups is 1. The van der Waals surface area contributed by atoms with Gasteiger partial charge in [0.05, 0.1) is 0 Å². The van der Waals surface area contributed by atoms with Gasteiger partial charge < -0.3 is 5.32 Å². The van der Waals surface area contributed by atoms with Crippen LogP contribution in [0, 0.1) is 11.6 Å². The molecular formula is C16H9BrF2N2O. The van der Waals surface area contributed by atoms with Crippen LogP contribution in [-0.2, 0) is 4.79 Å². The van der Waals surface area contributed by atoms with Gasteiger partial charge in [-0.3, -0.25) is 4.79 Å². The molecule has 0 spiro atoms. The van der Waals surface area contributed by atoms with Gasteiger partial charge in [0, 0.05) is 10.0 Å². The quantitative estimate of drug-likeness (QED) is 0.814. The zero-order chi connectivity index (χ0) is 15.7. The van der Waals surface area contributed by atoms with Crippen molar-refractivity contribution in [2.75, 3.05) is 0 Å². The topological polar surface area (TPSA) is 41.5 Å². The van der Waals surface area contributed by atoms with E-state index >= 15 is 0 Å². The first kappa shape index (κ1) is 14.6. The first-order valence-corrected chi connectivity index (χ1v) is 7.15. The van der Waals surface area contributed by atoms with E-state index in [1.165, 1.54) is 6.07 Å². The molecule has 6 heteroatoms. The molecule has 0 unspecified atom stereocenters. The lowest BCUT2D eigenvalue weighted by Crippen LogP contribution is -2.24. The minimum Gasteiger partial charge on any atom is -0.305 e.